The summed E-state index contributed by atoms with van der Waals surface area (Å²) in [5.41, 5.74) is 3.05. The summed E-state index contributed by atoms with van der Waals surface area (Å²) in [7, 11) is 0. The first-order valence-corrected chi connectivity index (χ1v) is 5.14. The zero-order valence-corrected chi connectivity index (χ0v) is 7.32. The van der Waals surface area contributed by atoms with Gasteiger partial charge in [-0.2, -0.15) is 0 Å². The molecular weight excluding hydrogens is 247 g/mol. The Balaban J connectivity index is 2.98. The van der Waals surface area contributed by atoms with E-state index in [0.29, 0.717) is 0 Å². The van der Waals surface area contributed by atoms with E-state index in [1.54, 1.807) is 0 Å². The van der Waals surface area contributed by atoms with Crippen molar-refractivity contribution in [3.63, 3.8) is 0 Å². The SMILES string of the molecule is Cl/C=C\[Te]/C=C/Cl. The summed E-state index contributed by atoms with van der Waals surface area (Å²) in [5.74, 6) is 0. The van der Waals surface area contributed by atoms with Gasteiger partial charge in [0.15, 0.2) is 0 Å². The Labute approximate surface area is 63.3 Å². The molecule has 0 fully saturated rings. The first kappa shape index (κ1) is 7.85. The van der Waals surface area contributed by atoms with E-state index in [2.05, 4.69) is 0 Å². The summed E-state index contributed by atoms with van der Waals surface area (Å²) in [5, 5.41) is 0. The van der Waals surface area contributed by atoms with Gasteiger partial charge in [0.25, 0.3) is 0 Å². The third-order valence-electron chi connectivity index (χ3n) is 0.260. The molecule has 0 aromatic carbocycles. The second kappa shape index (κ2) is 6.85. The van der Waals surface area contributed by atoms with Crippen molar-refractivity contribution < 1.29 is 0 Å². The van der Waals surface area contributed by atoms with E-state index < -0.39 is 0 Å². The summed E-state index contributed by atoms with van der Waals surface area (Å²) in [6.45, 7) is 0. The number of hydrogen-bond donors (Lipinski definition) is 0. The molecule has 0 aliphatic rings. The number of rotatable bonds is 2. The van der Waals surface area contributed by atoms with Crippen LogP contribution in [0.3, 0.4) is 0 Å². The van der Waals surface area contributed by atoms with Gasteiger partial charge >= 0.3 is 63.4 Å². The summed E-state index contributed by atoms with van der Waals surface area (Å²) in [4.78, 5) is 0. The Kier molecular flexibility index (Phi) is 7.68. The second-order valence-corrected chi connectivity index (χ2v) is 3.49. The van der Waals surface area contributed by atoms with Crippen molar-refractivity contribution in [1.29, 1.82) is 0 Å². The molecule has 0 heterocycles. The van der Waals surface area contributed by atoms with E-state index in [-0.39, 0.29) is 20.9 Å². The predicted octanol–water partition coefficient (Wildman–Crippen LogP) is 2.11. The van der Waals surface area contributed by atoms with Gasteiger partial charge in [0.05, 0.1) is 0 Å². The van der Waals surface area contributed by atoms with Crippen LogP contribution in [0.5, 0.6) is 0 Å². The van der Waals surface area contributed by atoms with E-state index in [1.807, 2.05) is 8.25 Å². The molecule has 40 valence electrons. The molecule has 0 rings (SSSR count). The zero-order valence-electron chi connectivity index (χ0n) is 3.47. The minimum absolute atomic E-state index is 0.148. The summed E-state index contributed by atoms with van der Waals surface area (Å²) in [6.07, 6.45) is 0. The van der Waals surface area contributed by atoms with E-state index >= 15 is 0 Å². The van der Waals surface area contributed by atoms with Crippen molar-refractivity contribution in [3.05, 3.63) is 19.3 Å². The predicted molar refractivity (Wildman–Crippen MR) is 35.7 cm³/mol. The molecule has 0 radical (unpaired) electrons. The molecule has 0 saturated carbocycles. The van der Waals surface area contributed by atoms with Crippen LogP contribution in [0.15, 0.2) is 19.3 Å². The number of hydrogen-bond acceptors (Lipinski definition) is 0. The Morgan fingerprint density at radius 2 is 1.43 bits per heavy atom. The molecule has 0 aliphatic heterocycles. The number of halogens is 2. The van der Waals surface area contributed by atoms with Crippen LogP contribution in [-0.4, -0.2) is 20.9 Å². The zero-order chi connectivity index (χ0) is 5.54. The molecule has 3 heteroatoms. The minimum atomic E-state index is -0.148. The third-order valence-corrected chi connectivity index (χ3v) is 3.12. The Hall–Kier alpha value is 0.850. The molecule has 0 aliphatic carbocycles. The van der Waals surface area contributed by atoms with Crippen LogP contribution in [0, 0.1) is 0 Å². The van der Waals surface area contributed by atoms with Crippen molar-refractivity contribution in [1.82, 2.24) is 0 Å². The molecule has 0 saturated heterocycles. The van der Waals surface area contributed by atoms with Crippen LogP contribution in [0.2, 0.25) is 0 Å². The topological polar surface area (TPSA) is 0 Å². The summed E-state index contributed by atoms with van der Waals surface area (Å²) < 4.78 is 3.87. The Bertz CT molecular complexity index is 67.8. The van der Waals surface area contributed by atoms with Crippen molar-refractivity contribution in [2.75, 3.05) is 0 Å². The van der Waals surface area contributed by atoms with Crippen LogP contribution in [-0.2, 0) is 0 Å². The molecule has 0 N–H and O–H groups in total. The maximum absolute atomic E-state index is 5.21. The van der Waals surface area contributed by atoms with Crippen molar-refractivity contribution in [2.45, 2.75) is 0 Å². The Morgan fingerprint density at radius 3 is 1.71 bits per heavy atom. The van der Waals surface area contributed by atoms with E-state index in [0.717, 1.165) is 0 Å². The van der Waals surface area contributed by atoms with Crippen molar-refractivity contribution in [3.8, 4) is 0 Å². The molecular formula is C4H4Cl2Te. The fourth-order valence-electron chi connectivity index (χ4n) is 0.105. The molecule has 0 bridgehead atoms. The van der Waals surface area contributed by atoms with E-state index in [1.165, 1.54) is 11.1 Å². The van der Waals surface area contributed by atoms with Gasteiger partial charge in [0.2, 0.25) is 0 Å². The molecule has 0 aromatic heterocycles. The molecule has 7 heavy (non-hydrogen) atoms. The molecule has 0 unspecified atom stereocenters. The van der Waals surface area contributed by atoms with Crippen LogP contribution in [0.1, 0.15) is 0 Å². The van der Waals surface area contributed by atoms with Gasteiger partial charge in [0.1, 0.15) is 0 Å². The average Bonchev–Trinajstić information content (AvgIpc) is 1.69. The van der Waals surface area contributed by atoms with Gasteiger partial charge < -0.3 is 0 Å². The van der Waals surface area contributed by atoms with Gasteiger partial charge in [-0.25, -0.2) is 0 Å². The average molecular weight is 251 g/mol. The fraction of sp³-hybridized carbons (Fsp3) is 0. The standard InChI is InChI=1S/C4H4Cl2Te/c5-1-3-7-4-2-6/h1-4H/b3-1-,4-2+. The third kappa shape index (κ3) is 6.85. The normalized spacial score (nSPS) is 11.7. The second-order valence-electron chi connectivity index (χ2n) is 0.660. The molecule has 0 spiro atoms. The molecule has 0 amide bonds. The first-order chi connectivity index (χ1) is 3.41. The summed E-state index contributed by atoms with van der Waals surface area (Å²) >= 11 is 10.3. The molecule has 0 nitrogen and oxygen atoms in total. The molecule has 0 aromatic rings. The Morgan fingerprint density at radius 1 is 1.00 bits per heavy atom. The van der Waals surface area contributed by atoms with Crippen LogP contribution < -0.4 is 0 Å². The fourth-order valence-corrected chi connectivity index (χ4v) is 1.50. The molecule has 0 atom stereocenters. The van der Waals surface area contributed by atoms with Crippen LogP contribution in [0.25, 0.3) is 0 Å². The van der Waals surface area contributed by atoms with Gasteiger partial charge in [-0.3, -0.25) is 0 Å². The quantitative estimate of drug-likeness (QED) is 0.659. The van der Waals surface area contributed by atoms with E-state index in [9.17, 15) is 0 Å². The van der Waals surface area contributed by atoms with Crippen LogP contribution >= 0.6 is 23.2 Å². The first-order valence-electron chi connectivity index (χ1n) is 1.57. The van der Waals surface area contributed by atoms with Crippen molar-refractivity contribution >= 4 is 44.1 Å². The van der Waals surface area contributed by atoms with Crippen molar-refractivity contribution in [2.24, 2.45) is 0 Å². The van der Waals surface area contributed by atoms with E-state index in [4.69, 9.17) is 23.2 Å². The summed E-state index contributed by atoms with van der Waals surface area (Å²) in [6, 6.07) is 0. The van der Waals surface area contributed by atoms with Gasteiger partial charge in [0, 0.05) is 0 Å². The van der Waals surface area contributed by atoms with Crippen LogP contribution in [0.4, 0.5) is 0 Å². The van der Waals surface area contributed by atoms with Gasteiger partial charge in [-0.05, 0) is 0 Å². The maximum atomic E-state index is 5.21. The van der Waals surface area contributed by atoms with Gasteiger partial charge in [-0.15, -0.1) is 0 Å². The monoisotopic (exact) mass is 252 g/mol. The van der Waals surface area contributed by atoms with Gasteiger partial charge in [-0.1, -0.05) is 0 Å².